The largest absolute Gasteiger partial charge is 0.312 e. The molecule has 1 N–H and O–H groups in total. The summed E-state index contributed by atoms with van der Waals surface area (Å²) in [6.07, 6.45) is 2.10. The maximum Gasteiger partial charge on any atom is 0.124 e. The van der Waals surface area contributed by atoms with Crippen molar-refractivity contribution < 1.29 is 4.79 Å². The Morgan fingerprint density at radius 3 is 2.82 bits per heavy atom. The molecule has 1 aliphatic heterocycles. The second-order valence-corrected chi connectivity index (χ2v) is 4.70. The first-order chi connectivity index (χ1) is 8.33. The van der Waals surface area contributed by atoms with Crippen LogP contribution in [0.2, 0.25) is 0 Å². The van der Waals surface area contributed by atoms with Gasteiger partial charge in [0.1, 0.15) is 6.29 Å². The molecular weight excluding hydrogens is 212 g/mol. The normalized spacial score (nSPS) is 22.5. The fourth-order valence-corrected chi connectivity index (χ4v) is 2.45. The second kappa shape index (κ2) is 5.94. The number of benzene rings is 1. The number of rotatable bonds is 5. The molecule has 1 aromatic carbocycles. The number of hydrogen-bond acceptors (Lipinski definition) is 3. The van der Waals surface area contributed by atoms with Crippen LogP contribution in [0.25, 0.3) is 0 Å². The molecule has 0 spiro atoms. The van der Waals surface area contributed by atoms with E-state index in [1.54, 1.807) is 0 Å². The zero-order valence-corrected chi connectivity index (χ0v) is 10.3. The van der Waals surface area contributed by atoms with Gasteiger partial charge in [-0.25, -0.2) is 0 Å². The third kappa shape index (κ3) is 3.14. The van der Waals surface area contributed by atoms with Crippen molar-refractivity contribution in [1.82, 2.24) is 10.2 Å². The van der Waals surface area contributed by atoms with E-state index in [-0.39, 0.29) is 5.92 Å². The first kappa shape index (κ1) is 12.3. The summed E-state index contributed by atoms with van der Waals surface area (Å²) in [6.45, 7) is 2.92. The van der Waals surface area contributed by atoms with Crippen LogP contribution in [0.5, 0.6) is 0 Å². The molecule has 1 aliphatic rings. The molecule has 0 aromatic heterocycles. The van der Waals surface area contributed by atoms with E-state index in [2.05, 4.69) is 34.5 Å². The van der Waals surface area contributed by atoms with E-state index in [9.17, 15) is 4.79 Å². The van der Waals surface area contributed by atoms with Crippen molar-refractivity contribution in [3.05, 3.63) is 35.9 Å². The first-order valence-electron chi connectivity index (χ1n) is 6.23. The summed E-state index contributed by atoms with van der Waals surface area (Å²) in [5.74, 6) is 0.239. The molecule has 92 valence electrons. The smallest absolute Gasteiger partial charge is 0.124 e. The van der Waals surface area contributed by atoms with Gasteiger partial charge < -0.3 is 15.0 Å². The standard InChI is InChI=1S/C14H20N2O/c1-15-14(13-5-3-2-4-6-13)10-16-8-7-12(9-16)11-17/h2-6,11-12,14-15H,7-10H2,1H3/t12?,14-/m1/s1. The Labute approximate surface area is 103 Å². The predicted molar refractivity (Wildman–Crippen MR) is 68.9 cm³/mol. The van der Waals surface area contributed by atoms with E-state index in [1.165, 1.54) is 5.56 Å². The zero-order chi connectivity index (χ0) is 12.1. The summed E-state index contributed by atoms with van der Waals surface area (Å²) in [5, 5.41) is 3.35. The first-order valence-corrected chi connectivity index (χ1v) is 6.23. The molecule has 2 rings (SSSR count). The Bertz CT molecular complexity index is 352. The third-order valence-electron chi connectivity index (χ3n) is 3.49. The van der Waals surface area contributed by atoms with E-state index in [0.29, 0.717) is 6.04 Å². The second-order valence-electron chi connectivity index (χ2n) is 4.70. The number of likely N-dealkylation sites (N-methyl/N-ethyl adjacent to an activating group) is 1. The van der Waals surface area contributed by atoms with Crippen molar-refractivity contribution in [2.75, 3.05) is 26.7 Å². The maximum absolute atomic E-state index is 10.7. The Hall–Kier alpha value is -1.19. The number of aldehydes is 1. The average Bonchev–Trinajstić information content (AvgIpc) is 2.84. The van der Waals surface area contributed by atoms with E-state index >= 15 is 0 Å². The summed E-state index contributed by atoms with van der Waals surface area (Å²) in [4.78, 5) is 13.1. The van der Waals surface area contributed by atoms with Gasteiger partial charge in [-0.2, -0.15) is 0 Å². The van der Waals surface area contributed by atoms with Gasteiger partial charge in [0.15, 0.2) is 0 Å². The molecule has 0 bridgehead atoms. The van der Waals surface area contributed by atoms with Gasteiger partial charge in [0.05, 0.1) is 0 Å². The number of carbonyl (C=O) groups excluding carboxylic acids is 1. The highest BCUT2D eigenvalue weighted by Gasteiger charge is 2.24. The minimum Gasteiger partial charge on any atom is -0.312 e. The summed E-state index contributed by atoms with van der Waals surface area (Å²) in [6, 6.07) is 10.8. The fourth-order valence-electron chi connectivity index (χ4n) is 2.45. The lowest BCUT2D eigenvalue weighted by Crippen LogP contribution is -2.32. The van der Waals surface area contributed by atoms with Gasteiger partial charge >= 0.3 is 0 Å². The van der Waals surface area contributed by atoms with Crippen LogP contribution >= 0.6 is 0 Å². The Morgan fingerprint density at radius 1 is 1.47 bits per heavy atom. The molecule has 1 aromatic rings. The molecule has 1 saturated heterocycles. The van der Waals surface area contributed by atoms with Crippen molar-refractivity contribution in [3.8, 4) is 0 Å². The van der Waals surface area contributed by atoms with Crippen LogP contribution < -0.4 is 5.32 Å². The lowest BCUT2D eigenvalue weighted by Gasteiger charge is -2.23. The Morgan fingerprint density at radius 2 is 2.24 bits per heavy atom. The van der Waals surface area contributed by atoms with Gasteiger partial charge in [-0.15, -0.1) is 0 Å². The monoisotopic (exact) mass is 232 g/mol. The SMILES string of the molecule is CN[C@H](CN1CCC(C=O)C1)c1ccccc1. The van der Waals surface area contributed by atoms with Crippen LogP contribution in [-0.2, 0) is 4.79 Å². The molecule has 0 radical (unpaired) electrons. The number of hydrogen-bond donors (Lipinski definition) is 1. The molecule has 17 heavy (non-hydrogen) atoms. The highest BCUT2D eigenvalue weighted by molar-refractivity contribution is 5.54. The highest BCUT2D eigenvalue weighted by Crippen LogP contribution is 2.19. The van der Waals surface area contributed by atoms with Gasteiger partial charge in [0, 0.05) is 25.0 Å². The van der Waals surface area contributed by atoms with Gasteiger partial charge in [0.25, 0.3) is 0 Å². The van der Waals surface area contributed by atoms with Crippen LogP contribution in [0.3, 0.4) is 0 Å². The molecule has 0 saturated carbocycles. The van der Waals surface area contributed by atoms with E-state index in [4.69, 9.17) is 0 Å². The van der Waals surface area contributed by atoms with Crippen molar-refractivity contribution >= 4 is 6.29 Å². The molecule has 3 nitrogen and oxygen atoms in total. The van der Waals surface area contributed by atoms with Gasteiger partial charge in [-0.3, -0.25) is 0 Å². The minimum absolute atomic E-state index is 0.239. The summed E-state index contributed by atoms with van der Waals surface area (Å²) in [7, 11) is 1.99. The molecule has 1 heterocycles. The molecule has 3 heteroatoms. The quantitative estimate of drug-likeness (QED) is 0.780. The molecule has 1 fully saturated rings. The van der Waals surface area contributed by atoms with Gasteiger partial charge in [-0.1, -0.05) is 30.3 Å². The van der Waals surface area contributed by atoms with E-state index in [1.807, 2.05) is 13.1 Å². The van der Waals surface area contributed by atoms with Crippen LogP contribution in [0.15, 0.2) is 30.3 Å². The number of likely N-dealkylation sites (tertiary alicyclic amines) is 1. The molecule has 0 amide bonds. The maximum atomic E-state index is 10.7. The third-order valence-corrected chi connectivity index (χ3v) is 3.49. The summed E-state index contributed by atoms with van der Waals surface area (Å²) < 4.78 is 0. The Balaban J connectivity index is 1.95. The Kier molecular flexibility index (Phi) is 4.29. The van der Waals surface area contributed by atoms with Crippen LogP contribution in [0, 0.1) is 5.92 Å². The van der Waals surface area contributed by atoms with Crippen molar-refractivity contribution in [3.63, 3.8) is 0 Å². The van der Waals surface area contributed by atoms with Crippen molar-refractivity contribution in [2.45, 2.75) is 12.5 Å². The van der Waals surface area contributed by atoms with Crippen LogP contribution in [-0.4, -0.2) is 37.9 Å². The zero-order valence-electron chi connectivity index (χ0n) is 10.3. The minimum atomic E-state index is 0.239. The van der Waals surface area contributed by atoms with Crippen molar-refractivity contribution in [1.29, 1.82) is 0 Å². The topological polar surface area (TPSA) is 32.3 Å². The average molecular weight is 232 g/mol. The summed E-state index contributed by atoms with van der Waals surface area (Å²) >= 11 is 0. The van der Waals surface area contributed by atoms with Gasteiger partial charge in [-0.05, 0) is 25.6 Å². The lowest BCUT2D eigenvalue weighted by atomic mass is 10.1. The summed E-state index contributed by atoms with van der Waals surface area (Å²) in [5.41, 5.74) is 1.31. The van der Waals surface area contributed by atoms with E-state index < -0.39 is 0 Å². The van der Waals surface area contributed by atoms with E-state index in [0.717, 1.165) is 32.3 Å². The highest BCUT2D eigenvalue weighted by atomic mass is 16.1. The predicted octanol–water partition coefficient (Wildman–Crippen LogP) is 1.47. The molecule has 1 unspecified atom stereocenters. The molecule has 2 atom stereocenters. The van der Waals surface area contributed by atoms with Crippen LogP contribution in [0.4, 0.5) is 0 Å². The number of nitrogens with one attached hydrogen (secondary N) is 1. The van der Waals surface area contributed by atoms with Crippen LogP contribution in [0.1, 0.15) is 18.0 Å². The van der Waals surface area contributed by atoms with Gasteiger partial charge in [0.2, 0.25) is 0 Å². The van der Waals surface area contributed by atoms with Crippen molar-refractivity contribution in [2.24, 2.45) is 5.92 Å². The fraction of sp³-hybridized carbons (Fsp3) is 0.500. The molecule has 0 aliphatic carbocycles. The number of nitrogens with zero attached hydrogens (tertiary/aromatic N) is 1. The number of carbonyl (C=O) groups is 1. The lowest BCUT2D eigenvalue weighted by molar-refractivity contribution is -0.110. The molecular formula is C14H20N2O.